The van der Waals surface area contributed by atoms with Gasteiger partial charge in [-0.3, -0.25) is 9.59 Å². The zero-order valence-electron chi connectivity index (χ0n) is 23.4. The van der Waals surface area contributed by atoms with Gasteiger partial charge in [0.1, 0.15) is 17.1 Å². The average Bonchev–Trinajstić information content (AvgIpc) is 3.66. The standard InChI is InChI=1S/C32H31N7O3/c1-19(2)34-24-13-12-21(16-33-24)27-25(31-39(38-27)17-32(14-15-32)18-42-31)29(40)37-28-30(41)35-23-11-7-6-10-22(23)26(36-28)20-8-4-3-5-9-20/h3-13,16,19,28H,14-15,17-18H2,1-2H3,(H,33,34)(H,35,41)(H,37,40)/t28-/m1/s1. The van der Waals surface area contributed by atoms with E-state index in [2.05, 4.69) is 20.9 Å². The number of aromatic nitrogens is 3. The number of ether oxygens (including phenoxy) is 1. The molecule has 2 aromatic heterocycles. The first-order chi connectivity index (χ1) is 20.4. The van der Waals surface area contributed by atoms with Crippen molar-refractivity contribution in [1.82, 2.24) is 20.1 Å². The van der Waals surface area contributed by atoms with Crippen LogP contribution >= 0.6 is 0 Å². The number of anilines is 2. The molecule has 10 nitrogen and oxygen atoms in total. The van der Waals surface area contributed by atoms with Gasteiger partial charge in [0, 0.05) is 34.3 Å². The maximum atomic E-state index is 14.1. The molecule has 1 spiro atoms. The van der Waals surface area contributed by atoms with Crippen molar-refractivity contribution in [2.45, 2.75) is 45.4 Å². The van der Waals surface area contributed by atoms with E-state index in [9.17, 15) is 9.59 Å². The molecule has 1 saturated carbocycles. The number of hydrogen-bond donors (Lipinski definition) is 3. The van der Waals surface area contributed by atoms with Crippen molar-refractivity contribution in [2.75, 3.05) is 17.2 Å². The van der Waals surface area contributed by atoms with E-state index >= 15 is 0 Å². The topological polar surface area (TPSA) is 123 Å². The highest BCUT2D eigenvalue weighted by Crippen LogP contribution is 2.51. The normalized spacial score (nSPS) is 18.2. The second-order valence-electron chi connectivity index (χ2n) is 11.5. The van der Waals surface area contributed by atoms with Gasteiger partial charge in [0.2, 0.25) is 12.0 Å². The molecule has 2 amide bonds. The number of nitrogens with zero attached hydrogens (tertiary/aromatic N) is 4. The van der Waals surface area contributed by atoms with Crippen LogP contribution in [0.3, 0.4) is 0 Å². The zero-order valence-corrected chi connectivity index (χ0v) is 23.4. The highest BCUT2D eigenvalue weighted by Gasteiger charge is 2.48. The van der Waals surface area contributed by atoms with E-state index in [4.69, 9.17) is 14.8 Å². The third-order valence-corrected chi connectivity index (χ3v) is 7.83. The molecule has 1 aliphatic carbocycles. The summed E-state index contributed by atoms with van der Waals surface area (Å²) in [5, 5.41) is 13.9. The second-order valence-corrected chi connectivity index (χ2v) is 11.5. The molecule has 7 rings (SSSR count). The lowest BCUT2D eigenvalue weighted by atomic mass is 10.0. The molecule has 10 heteroatoms. The second kappa shape index (κ2) is 10.1. The lowest BCUT2D eigenvalue weighted by Crippen LogP contribution is -2.42. The predicted molar refractivity (Wildman–Crippen MR) is 160 cm³/mol. The van der Waals surface area contributed by atoms with Gasteiger partial charge in [-0.2, -0.15) is 5.10 Å². The number of pyridine rings is 1. The molecule has 4 aromatic rings. The largest absolute Gasteiger partial charge is 0.477 e. The van der Waals surface area contributed by atoms with Gasteiger partial charge in [-0.1, -0.05) is 48.5 Å². The minimum absolute atomic E-state index is 0.0785. The molecule has 0 bridgehead atoms. The first kappa shape index (κ1) is 25.9. The van der Waals surface area contributed by atoms with E-state index in [1.165, 1.54) is 0 Å². The molecule has 212 valence electrons. The molecule has 0 radical (unpaired) electrons. The minimum atomic E-state index is -1.18. The Kier molecular flexibility index (Phi) is 6.26. The number of benzene rings is 2. The minimum Gasteiger partial charge on any atom is -0.477 e. The number of fused-ring (bicyclic) bond motifs is 2. The third kappa shape index (κ3) is 4.78. The summed E-state index contributed by atoms with van der Waals surface area (Å²) in [4.78, 5) is 36.8. The quantitative estimate of drug-likeness (QED) is 0.319. The van der Waals surface area contributed by atoms with Gasteiger partial charge in [-0.15, -0.1) is 0 Å². The van der Waals surface area contributed by atoms with Gasteiger partial charge in [-0.05, 0) is 44.9 Å². The van der Waals surface area contributed by atoms with Crippen LogP contribution in [0.15, 0.2) is 77.9 Å². The first-order valence-corrected chi connectivity index (χ1v) is 14.2. The van der Waals surface area contributed by atoms with Crippen LogP contribution in [0.4, 0.5) is 11.5 Å². The fourth-order valence-electron chi connectivity index (χ4n) is 5.46. The Hall–Kier alpha value is -4.99. The summed E-state index contributed by atoms with van der Waals surface area (Å²) in [5.41, 5.74) is 4.32. The Morgan fingerprint density at radius 3 is 2.57 bits per heavy atom. The van der Waals surface area contributed by atoms with Crippen LogP contribution < -0.4 is 20.7 Å². The SMILES string of the molecule is CC(C)Nc1ccc(-c2nn3c(c2C(=O)N[C@H]2N=C(c4ccccc4)c4ccccc4NC2=O)OCC2(CC2)C3)cn1. The summed E-state index contributed by atoms with van der Waals surface area (Å²) in [5.74, 6) is 0.195. The highest BCUT2D eigenvalue weighted by atomic mass is 16.5. The van der Waals surface area contributed by atoms with Crippen molar-refractivity contribution in [3.8, 4) is 17.1 Å². The van der Waals surface area contributed by atoms with Crippen molar-refractivity contribution in [1.29, 1.82) is 0 Å². The van der Waals surface area contributed by atoms with E-state index in [1.807, 2.05) is 80.6 Å². The molecule has 0 saturated heterocycles. The van der Waals surface area contributed by atoms with Crippen LogP contribution in [-0.4, -0.2) is 51.1 Å². The van der Waals surface area contributed by atoms with Crippen LogP contribution in [0, 0.1) is 5.41 Å². The Balaban J connectivity index is 1.27. The monoisotopic (exact) mass is 561 g/mol. The molecule has 2 aromatic carbocycles. The van der Waals surface area contributed by atoms with Gasteiger partial charge in [-0.25, -0.2) is 14.7 Å². The van der Waals surface area contributed by atoms with E-state index in [1.54, 1.807) is 10.9 Å². The first-order valence-electron chi connectivity index (χ1n) is 14.2. The van der Waals surface area contributed by atoms with Gasteiger partial charge < -0.3 is 20.7 Å². The van der Waals surface area contributed by atoms with Gasteiger partial charge in [0.05, 0.1) is 24.6 Å². The molecule has 4 heterocycles. The number of carbonyl (C=O) groups excluding carboxylic acids is 2. The molecule has 1 fully saturated rings. The summed E-state index contributed by atoms with van der Waals surface area (Å²) >= 11 is 0. The number of rotatable bonds is 6. The van der Waals surface area contributed by atoms with E-state index in [-0.39, 0.29) is 17.0 Å². The van der Waals surface area contributed by atoms with E-state index < -0.39 is 18.0 Å². The highest BCUT2D eigenvalue weighted by molar-refractivity contribution is 6.20. The molecule has 3 aliphatic rings. The number of aliphatic imine (C=N–C) groups is 1. The summed E-state index contributed by atoms with van der Waals surface area (Å²) in [6.45, 7) is 5.29. The smallest absolute Gasteiger partial charge is 0.269 e. The summed E-state index contributed by atoms with van der Waals surface area (Å²) in [6.07, 6.45) is 2.65. The number of carbonyl (C=O) groups is 2. The van der Waals surface area contributed by atoms with Crippen molar-refractivity contribution in [3.63, 3.8) is 0 Å². The van der Waals surface area contributed by atoms with Crippen molar-refractivity contribution in [3.05, 3.63) is 89.6 Å². The Bertz CT molecular complexity index is 1710. The van der Waals surface area contributed by atoms with Crippen molar-refractivity contribution >= 4 is 29.0 Å². The lowest BCUT2D eigenvalue weighted by Gasteiger charge is -2.24. The predicted octanol–water partition coefficient (Wildman–Crippen LogP) is 4.48. The molecule has 0 unspecified atom stereocenters. The van der Waals surface area contributed by atoms with Crippen molar-refractivity contribution in [2.24, 2.45) is 10.4 Å². The Labute approximate surface area is 243 Å². The summed E-state index contributed by atoms with van der Waals surface area (Å²) in [6, 6.07) is 21.1. The van der Waals surface area contributed by atoms with E-state index in [0.29, 0.717) is 41.7 Å². The van der Waals surface area contributed by atoms with Gasteiger partial charge >= 0.3 is 0 Å². The van der Waals surface area contributed by atoms with Crippen LogP contribution in [-0.2, 0) is 11.3 Å². The van der Waals surface area contributed by atoms with Crippen LogP contribution in [0.25, 0.3) is 11.3 Å². The van der Waals surface area contributed by atoms with E-state index in [0.717, 1.165) is 29.8 Å². The molecular weight excluding hydrogens is 530 g/mol. The summed E-state index contributed by atoms with van der Waals surface area (Å²) < 4.78 is 7.96. The molecule has 2 aliphatic heterocycles. The third-order valence-electron chi connectivity index (χ3n) is 7.83. The molecular formula is C32H31N7O3. The summed E-state index contributed by atoms with van der Waals surface area (Å²) in [7, 11) is 0. The Morgan fingerprint density at radius 1 is 1.05 bits per heavy atom. The number of amides is 2. The fourth-order valence-corrected chi connectivity index (χ4v) is 5.46. The Morgan fingerprint density at radius 2 is 1.83 bits per heavy atom. The lowest BCUT2D eigenvalue weighted by molar-refractivity contribution is -0.117. The van der Waals surface area contributed by atoms with Crippen LogP contribution in [0.5, 0.6) is 5.88 Å². The van der Waals surface area contributed by atoms with Gasteiger partial charge in [0.25, 0.3) is 11.8 Å². The average molecular weight is 562 g/mol. The maximum absolute atomic E-state index is 14.1. The molecule has 1 atom stereocenters. The van der Waals surface area contributed by atoms with Crippen molar-refractivity contribution < 1.29 is 14.3 Å². The number of para-hydroxylation sites is 1. The molecule has 42 heavy (non-hydrogen) atoms. The number of nitrogens with one attached hydrogen (secondary N) is 3. The molecule has 3 N–H and O–H groups in total. The zero-order chi connectivity index (χ0) is 28.8. The van der Waals surface area contributed by atoms with Gasteiger partial charge in [0.15, 0.2) is 0 Å². The van der Waals surface area contributed by atoms with Crippen LogP contribution in [0.1, 0.15) is 48.2 Å². The maximum Gasteiger partial charge on any atom is 0.269 e. The van der Waals surface area contributed by atoms with Crippen LogP contribution in [0.2, 0.25) is 0 Å². The number of hydrogen-bond acceptors (Lipinski definition) is 7. The fraction of sp³-hybridized carbons (Fsp3) is 0.281. The number of benzodiazepines with no additional fused rings is 1.